The van der Waals surface area contributed by atoms with Crippen molar-refractivity contribution in [1.29, 1.82) is 0 Å². The van der Waals surface area contributed by atoms with Gasteiger partial charge in [-0.05, 0) is 38.4 Å². The number of carboxylic acid groups (broad SMARTS) is 1. The van der Waals surface area contributed by atoms with Gasteiger partial charge in [-0.25, -0.2) is 17.9 Å². The minimum atomic E-state index is -3.91. The van der Waals surface area contributed by atoms with Gasteiger partial charge < -0.3 is 10.0 Å². The highest BCUT2D eigenvalue weighted by Gasteiger charge is 2.32. The summed E-state index contributed by atoms with van der Waals surface area (Å²) in [5.41, 5.74) is -0.473. The van der Waals surface area contributed by atoms with Crippen LogP contribution in [0.1, 0.15) is 30.1 Å². The molecule has 0 amide bonds. The topological polar surface area (TPSA) is 115 Å². The molecule has 0 aliphatic carbocycles. The van der Waals surface area contributed by atoms with E-state index in [2.05, 4.69) is 19.8 Å². The lowest BCUT2D eigenvalue weighted by molar-refractivity contribution is 0.0692. The van der Waals surface area contributed by atoms with Crippen LogP contribution in [0.4, 0.5) is 0 Å². The lowest BCUT2D eigenvalue weighted by Crippen LogP contribution is -2.43. The van der Waals surface area contributed by atoms with E-state index in [1.165, 1.54) is 0 Å². The Hall–Kier alpha value is -1.45. The highest BCUT2D eigenvalue weighted by Crippen LogP contribution is 2.30. The van der Waals surface area contributed by atoms with Crippen molar-refractivity contribution in [3.05, 3.63) is 11.8 Å². The SMILES string of the molecule is CN1CCC(C)(CNS(=O)(=O)c2[nH]ncc2C(=O)O)CC1. The largest absolute Gasteiger partial charge is 0.478 e. The molecule has 1 fully saturated rings. The van der Waals surface area contributed by atoms with E-state index in [-0.39, 0.29) is 17.5 Å². The molecule has 2 heterocycles. The molecule has 2 rings (SSSR count). The van der Waals surface area contributed by atoms with Crippen LogP contribution in [0, 0.1) is 5.41 Å². The number of nitrogens with one attached hydrogen (secondary N) is 2. The predicted molar refractivity (Wildman–Crippen MR) is 75.6 cm³/mol. The Morgan fingerprint density at radius 2 is 2.14 bits per heavy atom. The van der Waals surface area contributed by atoms with Gasteiger partial charge in [0.15, 0.2) is 5.03 Å². The fourth-order valence-corrected chi connectivity index (χ4v) is 3.59. The number of carboxylic acids is 1. The molecule has 0 spiro atoms. The summed E-state index contributed by atoms with van der Waals surface area (Å²) in [5.74, 6) is -1.32. The Balaban J connectivity index is 2.08. The van der Waals surface area contributed by atoms with Gasteiger partial charge in [0.2, 0.25) is 0 Å². The number of sulfonamides is 1. The van der Waals surface area contributed by atoms with E-state index < -0.39 is 21.0 Å². The molecular weight excluding hydrogens is 296 g/mol. The third-order valence-electron chi connectivity index (χ3n) is 3.99. The van der Waals surface area contributed by atoms with E-state index in [1.54, 1.807) is 0 Å². The molecule has 3 N–H and O–H groups in total. The molecule has 1 aliphatic rings. The summed E-state index contributed by atoms with van der Waals surface area (Å²) in [4.78, 5) is 13.2. The monoisotopic (exact) mass is 316 g/mol. The van der Waals surface area contributed by atoms with Gasteiger partial charge in [-0.3, -0.25) is 5.10 Å². The first-order valence-electron chi connectivity index (χ1n) is 6.68. The molecule has 0 aromatic carbocycles. The maximum Gasteiger partial charge on any atom is 0.340 e. The van der Waals surface area contributed by atoms with Crippen LogP contribution >= 0.6 is 0 Å². The fraction of sp³-hybridized carbons (Fsp3) is 0.667. The smallest absolute Gasteiger partial charge is 0.340 e. The predicted octanol–water partition coefficient (Wildman–Crippen LogP) is 0.118. The first kappa shape index (κ1) is 15.9. The van der Waals surface area contributed by atoms with Crippen molar-refractivity contribution in [2.24, 2.45) is 5.41 Å². The number of nitrogens with zero attached hydrogens (tertiary/aromatic N) is 2. The second-order valence-electron chi connectivity index (χ2n) is 5.86. The third-order valence-corrected chi connectivity index (χ3v) is 5.36. The summed E-state index contributed by atoms with van der Waals surface area (Å²) >= 11 is 0. The van der Waals surface area contributed by atoms with Gasteiger partial charge in [0, 0.05) is 6.54 Å². The highest BCUT2D eigenvalue weighted by molar-refractivity contribution is 7.89. The van der Waals surface area contributed by atoms with Crippen LogP contribution in [0.2, 0.25) is 0 Å². The number of hydrogen-bond acceptors (Lipinski definition) is 5. The number of aromatic carboxylic acids is 1. The second-order valence-corrected chi connectivity index (χ2v) is 7.56. The Morgan fingerprint density at radius 1 is 1.52 bits per heavy atom. The summed E-state index contributed by atoms with van der Waals surface area (Å²) in [5, 5.41) is 14.3. The van der Waals surface area contributed by atoms with Gasteiger partial charge in [-0.2, -0.15) is 5.10 Å². The van der Waals surface area contributed by atoms with Crippen LogP contribution in [0.15, 0.2) is 11.2 Å². The van der Waals surface area contributed by atoms with E-state index in [0.717, 1.165) is 32.1 Å². The highest BCUT2D eigenvalue weighted by atomic mass is 32.2. The summed E-state index contributed by atoms with van der Waals surface area (Å²) in [6, 6.07) is 0. The van der Waals surface area contributed by atoms with Gasteiger partial charge >= 0.3 is 5.97 Å². The van der Waals surface area contributed by atoms with Crippen molar-refractivity contribution in [1.82, 2.24) is 19.8 Å². The van der Waals surface area contributed by atoms with Crippen LogP contribution in [0.3, 0.4) is 0 Å². The Labute approximate surface area is 123 Å². The quantitative estimate of drug-likeness (QED) is 0.710. The molecule has 8 nitrogen and oxygen atoms in total. The molecule has 1 aromatic heterocycles. The molecule has 21 heavy (non-hydrogen) atoms. The van der Waals surface area contributed by atoms with Crippen LogP contribution in [0.25, 0.3) is 0 Å². The average molecular weight is 316 g/mol. The molecule has 1 aromatic rings. The molecule has 0 unspecified atom stereocenters. The summed E-state index contributed by atoms with van der Waals surface area (Å²) in [7, 11) is -1.87. The van der Waals surface area contributed by atoms with E-state index >= 15 is 0 Å². The number of hydrogen-bond donors (Lipinski definition) is 3. The maximum absolute atomic E-state index is 12.2. The minimum absolute atomic E-state index is 0.122. The van der Waals surface area contributed by atoms with Crippen LogP contribution in [0.5, 0.6) is 0 Å². The van der Waals surface area contributed by atoms with Crippen molar-refractivity contribution >= 4 is 16.0 Å². The van der Waals surface area contributed by atoms with Crippen molar-refractivity contribution in [2.45, 2.75) is 24.8 Å². The first-order chi connectivity index (χ1) is 9.73. The van der Waals surface area contributed by atoms with Crippen molar-refractivity contribution in [2.75, 3.05) is 26.7 Å². The zero-order valence-corrected chi connectivity index (χ0v) is 12.9. The molecule has 118 valence electrons. The lowest BCUT2D eigenvalue weighted by Gasteiger charge is -2.37. The van der Waals surface area contributed by atoms with Gasteiger partial charge in [0.25, 0.3) is 10.0 Å². The number of H-pyrrole nitrogens is 1. The molecule has 0 bridgehead atoms. The summed E-state index contributed by atoms with van der Waals surface area (Å²) in [6.45, 7) is 4.15. The zero-order valence-electron chi connectivity index (χ0n) is 12.1. The Kier molecular flexibility index (Phi) is 4.35. The van der Waals surface area contributed by atoms with Crippen LogP contribution in [-0.2, 0) is 10.0 Å². The number of carbonyl (C=O) groups is 1. The second kappa shape index (κ2) is 5.74. The third kappa shape index (κ3) is 3.60. The van der Waals surface area contributed by atoms with Crippen molar-refractivity contribution in [3.8, 4) is 0 Å². The summed E-state index contributed by atoms with van der Waals surface area (Å²) in [6.07, 6.45) is 2.77. The van der Waals surface area contributed by atoms with Gasteiger partial charge in [0.1, 0.15) is 5.56 Å². The Morgan fingerprint density at radius 3 is 2.71 bits per heavy atom. The van der Waals surface area contributed by atoms with Crippen molar-refractivity contribution < 1.29 is 18.3 Å². The normalized spacial score (nSPS) is 19.5. The molecule has 1 aliphatic heterocycles. The van der Waals surface area contributed by atoms with Gasteiger partial charge in [-0.1, -0.05) is 6.92 Å². The van der Waals surface area contributed by atoms with Gasteiger partial charge in [0.05, 0.1) is 6.20 Å². The van der Waals surface area contributed by atoms with E-state index in [4.69, 9.17) is 5.11 Å². The number of piperidine rings is 1. The fourth-order valence-electron chi connectivity index (χ4n) is 2.31. The number of aromatic amines is 1. The standard InChI is InChI=1S/C12H20N4O4S/c1-12(3-5-16(2)6-4-12)8-14-21(19,20)10-9(11(17)18)7-13-15-10/h7,14H,3-6,8H2,1-2H3,(H,13,15)(H,17,18). The average Bonchev–Trinajstić information content (AvgIpc) is 2.91. The molecule has 0 radical (unpaired) electrons. The zero-order chi connectivity index (χ0) is 15.7. The number of aromatic nitrogens is 2. The molecule has 9 heteroatoms. The van der Waals surface area contributed by atoms with Gasteiger partial charge in [-0.15, -0.1) is 0 Å². The number of likely N-dealkylation sites (tertiary alicyclic amines) is 1. The van der Waals surface area contributed by atoms with E-state index in [9.17, 15) is 13.2 Å². The summed E-state index contributed by atoms with van der Waals surface area (Å²) < 4.78 is 26.9. The van der Waals surface area contributed by atoms with Crippen molar-refractivity contribution in [3.63, 3.8) is 0 Å². The molecule has 0 saturated carbocycles. The molecule has 0 atom stereocenters. The van der Waals surface area contributed by atoms with Crippen LogP contribution < -0.4 is 4.72 Å². The number of rotatable bonds is 5. The first-order valence-corrected chi connectivity index (χ1v) is 8.17. The Bertz CT molecular complexity index is 617. The molecule has 1 saturated heterocycles. The maximum atomic E-state index is 12.2. The van der Waals surface area contributed by atoms with E-state index in [1.807, 2.05) is 14.0 Å². The van der Waals surface area contributed by atoms with E-state index in [0.29, 0.717) is 0 Å². The minimum Gasteiger partial charge on any atom is -0.478 e. The molecular formula is C12H20N4O4S. The lowest BCUT2D eigenvalue weighted by atomic mass is 9.81. The van der Waals surface area contributed by atoms with Crippen LogP contribution in [-0.4, -0.2) is 61.3 Å².